The van der Waals surface area contributed by atoms with Crippen LogP contribution in [0.15, 0.2) is 79.0 Å². The quantitative estimate of drug-likeness (QED) is 0.449. The van der Waals surface area contributed by atoms with Crippen LogP contribution in [0.5, 0.6) is 11.5 Å². The largest absolute Gasteiger partial charge is 0.507 e. The van der Waals surface area contributed by atoms with Crippen molar-refractivity contribution in [2.24, 2.45) is 0 Å². The van der Waals surface area contributed by atoms with E-state index in [1.54, 1.807) is 29.1 Å². The maximum Gasteiger partial charge on any atom is 0.124 e. The minimum atomic E-state index is 0.219. The fourth-order valence-corrected chi connectivity index (χ4v) is 2.97. The normalized spacial score (nSPS) is 10.8. The first-order valence-electron chi connectivity index (χ1n) is 8.06. The zero-order valence-corrected chi connectivity index (χ0v) is 14.4. The minimum Gasteiger partial charge on any atom is -0.507 e. The van der Waals surface area contributed by atoms with Crippen LogP contribution in [-0.4, -0.2) is 20.0 Å². The van der Waals surface area contributed by atoms with Crippen molar-refractivity contribution in [3.05, 3.63) is 84.0 Å². The van der Waals surface area contributed by atoms with E-state index in [2.05, 4.69) is 5.10 Å². The minimum absolute atomic E-state index is 0.219. The van der Waals surface area contributed by atoms with E-state index in [-0.39, 0.29) is 5.75 Å². The summed E-state index contributed by atoms with van der Waals surface area (Å²) in [7, 11) is 0. The van der Waals surface area contributed by atoms with Crippen molar-refractivity contribution in [1.82, 2.24) is 9.78 Å². The van der Waals surface area contributed by atoms with Crippen molar-refractivity contribution < 1.29 is 10.2 Å². The zero-order valence-electron chi connectivity index (χ0n) is 13.7. The summed E-state index contributed by atoms with van der Waals surface area (Å²) in [6, 6.07) is 22.1. The second-order valence-corrected chi connectivity index (χ2v) is 6.24. The van der Waals surface area contributed by atoms with Gasteiger partial charge in [0.1, 0.15) is 11.5 Å². The maximum absolute atomic E-state index is 9.95. The molecule has 0 saturated carbocycles. The predicted octanol–water partition coefficient (Wildman–Crippen LogP) is 5.27. The van der Waals surface area contributed by atoms with Gasteiger partial charge in [-0.25, -0.2) is 4.68 Å². The summed E-state index contributed by atoms with van der Waals surface area (Å²) in [6.45, 7) is 0. The first-order valence-corrected chi connectivity index (χ1v) is 8.43. The van der Waals surface area contributed by atoms with Gasteiger partial charge in [-0.1, -0.05) is 41.9 Å². The monoisotopic (exact) mass is 362 g/mol. The number of aromatic hydroxyl groups is 2. The molecule has 1 aromatic heterocycles. The van der Waals surface area contributed by atoms with Crippen LogP contribution in [0.25, 0.3) is 28.1 Å². The van der Waals surface area contributed by atoms with Gasteiger partial charge in [-0.2, -0.15) is 5.10 Å². The molecule has 4 nitrogen and oxygen atoms in total. The number of para-hydroxylation sites is 2. The first-order chi connectivity index (χ1) is 12.6. The van der Waals surface area contributed by atoms with Crippen LogP contribution in [-0.2, 0) is 0 Å². The van der Waals surface area contributed by atoms with E-state index in [1.165, 1.54) is 5.56 Å². The molecule has 2 aliphatic carbocycles. The molecule has 2 aromatic carbocycles. The van der Waals surface area contributed by atoms with Crippen LogP contribution in [0.4, 0.5) is 0 Å². The third-order valence-corrected chi connectivity index (χ3v) is 4.45. The van der Waals surface area contributed by atoms with Crippen LogP contribution in [0.1, 0.15) is 0 Å². The highest BCUT2D eigenvalue weighted by Gasteiger charge is 2.15. The smallest absolute Gasteiger partial charge is 0.124 e. The van der Waals surface area contributed by atoms with Gasteiger partial charge >= 0.3 is 0 Å². The second kappa shape index (κ2) is 6.58. The Balaban J connectivity index is 0.000000198. The van der Waals surface area contributed by atoms with Crippen LogP contribution in [0, 0.1) is 0 Å². The van der Waals surface area contributed by atoms with Crippen LogP contribution in [0.3, 0.4) is 0 Å². The van der Waals surface area contributed by atoms with Crippen LogP contribution in [0.2, 0.25) is 5.02 Å². The molecule has 0 atom stereocenters. The molecule has 0 fully saturated rings. The Morgan fingerprint density at radius 2 is 1.50 bits per heavy atom. The Morgan fingerprint density at radius 3 is 2.12 bits per heavy atom. The summed E-state index contributed by atoms with van der Waals surface area (Å²) in [5.74, 6) is 0.645. The molecule has 2 N–H and O–H groups in total. The number of halogens is 1. The topological polar surface area (TPSA) is 58.3 Å². The maximum atomic E-state index is 9.95. The summed E-state index contributed by atoms with van der Waals surface area (Å²) < 4.78 is 1.72. The van der Waals surface area contributed by atoms with Gasteiger partial charge in [-0.3, -0.25) is 0 Å². The van der Waals surface area contributed by atoms with E-state index >= 15 is 0 Å². The van der Waals surface area contributed by atoms with E-state index in [9.17, 15) is 5.11 Å². The highest BCUT2D eigenvalue weighted by molar-refractivity contribution is 6.32. The number of hydrogen-bond donors (Lipinski definition) is 2. The van der Waals surface area contributed by atoms with Crippen molar-refractivity contribution in [3.8, 4) is 39.6 Å². The molecule has 5 heteroatoms. The third kappa shape index (κ3) is 3.03. The van der Waals surface area contributed by atoms with Crippen LogP contribution < -0.4 is 0 Å². The van der Waals surface area contributed by atoms with Gasteiger partial charge in [0.2, 0.25) is 0 Å². The summed E-state index contributed by atoms with van der Waals surface area (Å²) in [5, 5.41) is 23.6. The lowest BCUT2D eigenvalue weighted by Crippen LogP contribution is -1.99. The Hall–Kier alpha value is -3.24. The molecule has 0 radical (unpaired) electrons. The molecule has 0 amide bonds. The summed E-state index contributed by atoms with van der Waals surface area (Å²) >= 11 is 6.19. The summed E-state index contributed by atoms with van der Waals surface area (Å²) in [4.78, 5) is 0. The number of phenolic OH excluding ortho intramolecular Hbond substituents is 2. The molecule has 0 aliphatic heterocycles. The van der Waals surface area contributed by atoms with E-state index < -0.39 is 0 Å². The lowest BCUT2D eigenvalue weighted by molar-refractivity contribution is 0.477. The molecule has 0 unspecified atom stereocenters. The van der Waals surface area contributed by atoms with Gasteiger partial charge in [0, 0.05) is 11.1 Å². The molecule has 5 rings (SSSR count). The Labute approximate surface area is 155 Å². The standard InChI is InChI=1S/C15H11ClN2O.C6H4O/c16-12-6-2-3-7-14(12)18-13(9-10-17-18)11-5-1-4-8-15(11)19;7-6-2-1-4-3-5(4)6/h1-10,19H;1-3,7H. The van der Waals surface area contributed by atoms with Gasteiger partial charge in [0.05, 0.1) is 22.6 Å². The lowest BCUT2D eigenvalue weighted by atomic mass is 10.1. The lowest BCUT2D eigenvalue weighted by Gasteiger charge is -2.10. The number of phenols is 2. The van der Waals surface area contributed by atoms with E-state index in [0.29, 0.717) is 10.8 Å². The molecule has 26 heavy (non-hydrogen) atoms. The molecule has 1 heterocycles. The predicted molar refractivity (Wildman–Crippen MR) is 103 cm³/mol. The average molecular weight is 363 g/mol. The highest BCUT2D eigenvalue weighted by Crippen LogP contribution is 2.42. The van der Waals surface area contributed by atoms with Gasteiger partial charge < -0.3 is 10.2 Å². The van der Waals surface area contributed by atoms with Crippen LogP contribution >= 0.6 is 11.6 Å². The highest BCUT2D eigenvalue weighted by atomic mass is 35.5. The Morgan fingerprint density at radius 1 is 0.769 bits per heavy atom. The van der Waals surface area contributed by atoms with Gasteiger partial charge in [-0.15, -0.1) is 0 Å². The summed E-state index contributed by atoms with van der Waals surface area (Å²) in [6.07, 6.45) is 1.69. The van der Waals surface area contributed by atoms with Gasteiger partial charge in [-0.05, 0) is 48.0 Å². The molecule has 0 spiro atoms. The van der Waals surface area contributed by atoms with Crippen molar-refractivity contribution in [3.63, 3.8) is 0 Å². The fraction of sp³-hybridized carbons (Fsp3) is 0. The van der Waals surface area contributed by atoms with Gasteiger partial charge in [0.15, 0.2) is 0 Å². The van der Waals surface area contributed by atoms with Crippen molar-refractivity contribution in [1.29, 1.82) is 0 Å². The van der Waals surface area contributed by atoms with E-state index in [4.69, 9.17) is 16.7 Å². The first kappa shape index (κ1) is 16.2. The Kier molecular flexibility index (Phi) is 4.11. The Bertz CT molecular complexity index is 1030. The van der Waals surface area contributed by atoms with E-state index in [0.717, 1.165) is 22.5 Å². The molecule has 0 saturated heterocycles. The van der Waals surface area contributed by atoms with Crippen molar-refractivity contribution in [2.45, 2.75) is 0 Å². The molecular formula is C21H15ClN2O2. The van der Waals surface area contributed by atoms with E-state index in [1.807, 2.05) is 54.6 Å². The summed E-state index contributed by atoms with van der Waals surface area (Å²) in [5.41, 5.74) is 4.52. The molecule has 3 aromatic rings. The third-order valence-electron chi connectivity index (χ3n) is 4.13. The number of aromatic nitrogens is 2. The molecule has 0 bridgehead atoms. The molecule has 2 aliphatic rings. The van der Waals surface area contributed by atoms with Crippen molar-refractivity contribution >= 4 is 11.6 Å². The number of hydrogen-bond acceptors (Lipinski definition) is 3. The number of nitrogens with zero attached hydrogens (tertiary/aromatic N) is 2. The number of fused-ring (bicyclic) bond motifs is 1. The number of benzene rings is 3. The fourth-order valence-electron chi connectivity index (χ4n) is 2.75. The molecule has 128 valence electrons. The SMILES string of the molecule is Oc1ccc2cc1-2.Oc1ccccc1-c1ccnn1-c1ccccc1Cl. The zero-order chi connectivity index (χ0) is 18.1. The average Bonchev–Trinajstić information content (AvgIpc) is 3.12. The number of rotatable bonds is 2. The van der Waals surface area contributed by atoms with Crippen molar-refractivity contribution in [2.75, 3.05) is 0 Å². The molecular weight excluding hydrogens is 348 g/mol. The second-order valence-electron chi connectivity index (χ2n) is 5.83. The van der Waals surface area contributed by atoms with Gasteiger partial charge in [0.25, 0.3) is 0 Å².